The molecule has 128 valence electrons. The lowest BCUT2D eigenvalue weighted by molar-refractivity contribution is -0.119. The van der Waals surface area contributed by atoms with Crippen molar-refractivity contribution < 1.29 is 9.53 Å². The molecule has 4 heteroatoms. The zero-order valence-corrected chi connectivity index (χ0v) is 15.4. The van der Waals surface area contributed by atoms with Crippen LogP contribution in [0.2, 0.25) is 0 Å². The Labute approximate surface area is 148 Å². The lowest BCUT2D eigenvalue weighted by Gasteiger charge is -2.16. The number of hydrogen-bond acceptors (Lipinski definition) is 3. The van der Waals surface area contributed by atoms with Crippen LogP contribution in [0.4, 0.5) is 0 Å². The fourth-order valence-electron chi connectivity index (χ4n) is 2.24. The molecule has 0 fully saturated rings. The Hall–Kier alpha value is -1.94. The summed E-state index contributed by atoms with van der Waals surface area (Å²) in [7, 11) is 0. The maximum Gasteiger partial charge on any atom is 0.230 e. The van der Waals surface area contributed by atoms with Gasteiger partial charge in [-0.1, -0.05) is 48.0 Å². The first-order valence-electron chi connectivity index (χ1n) is 8.15. The fraction of sp³-hybridized carbons (Fsp3) is 0.350. The molecule has 0 heterocycles. The van der Waals surface area contributed by atoms with Crippen molar-refractivity contribution in [2.45, 2.75) is 32.6 Å². The van der Waals surface area contributed by atoms with Crippen molar-refractivity contribution >= 4 is 17.7 Å². The van der Waals surface area contributed by atoms with E-state index < -0.39 is 0 Å². The van der Waals surface area contributed by atoms with Gasteiger partial charge in [-0.25, -0.2) is 0 Å². The molecule has 1 unspecified atom stereocenters. The van der Waals surface area contributed by atoms with E-state index in [0.29, 0.717) is 12.4 Å². The van der Waals surface area contributed by atoms with Crippen molar-refractivity contribution in [1.82, 2.24) is 5.32 Å². The summed E-state index contributed by atoms with van der Waals surface area (Å²) in [6.07, 6.45) is 0. The van der Waals surface area contributed by atoms with Crippen molar-refractivity contribution in [1.29, 1.82) is 0 Å². The minimum atomic E-state index is -0.0166. The average molecular weight is 343 g/mol. The molecule has 2 aromatic carbocycles. The quantitative estimate of drug-likeness (QED) is 0.783. The van der Waals surface area contributed by atoms with Crippen molar-refractivity contribution in [2.24, 2.45) is 0 Å². The number of benzene rings is 2. The van der Waals surface area contributed by atoms with Gasteiger partial charge in [0.2, 0.25) is 5.91 Å². The number of ether oxygens (including phenoxy) is 1. The molecule has 0 aromatic heterocycles. The van der Waals surface area contributed by atoms with Gasteiger partial charge in [-0.3, -0.25) is 4.79 Å². The molecule has 1 amide bonds. The van der Waals surface area contributed by atoms with Crippen LogP contribution >= 0.6 is 11.8 Å². The number of aryl methyl sites for hydroxylation is 2. The van der Waals surface area contributed by atoms with Gasteiger partial charge < -0.3 is 10.1 Å². The molecule has 0 aliphatic heterocycles. The van der Waals surface area contributed by atoms with Crippen LogP contribution in [0.15, 0.2) is 48.5 Å². The monoisotopic (exact) mass is 343 g/mol. The van der Waals surface area contributed by atoms with Crippen LogP contribution in [0, 0.1) is 13.8 Å². The predicted molar refractivity (Wildman–Crippen MR) is 102 cm³/mol. The van der Waals surface area contributed by atoms with Crippen molar-refractivity contribution in [3.63, 3.8) is 0 Å². The van der Waals surface area contributed by atoms with Crippen LogP contribution < -0.4 is 10.1 Å². The third-order valence-corrected chi connectivity index (χ3v) is 4.62. The third kappa shape index (κ3) is 6.28. The van der Waals surface area contributed by atoms with Gasteiger partial charge in [0.25, 0.3) is 0 Å². The highest BCUT2D eigenvalue weighted by atomic mass is 32.2. The summed E-state index contributed by atoms with van der Waals surface area (Å²) >= 11 is 1.63. The minimum absolute atomic E-state index is 0.0166. The van der Waals surface area contributed by atoms with Crippen LogP contribution in [0.1, 0.15) is 23.6 Å². The predicted octanol–water partition coefficient (Wildman–Crippen LogP) is 4.12. The lowest BCUT2D eigenvalue weighted by atomic mass is 10.2. The number of rotatable bonds is 8. The summed E-state index contributed by atoms with van der Waals surface area (Å²) in [6.45, 7) is 6.52. The Kier molecular flexibility index (Phi) is 7.19. The summed E-state index contributed by atoms with van der Waals surface area (Å²) in [4.78, 5) is 12.0. The van der Waals surface area contributed by atoms with Gasteiger partial charge in [0, 0.05) is 5.75 Å². The highest BCUT2D eigenvalue weighted by molar-refractivity contribution is 7.99. The Morgan fingerprint density at radius 1 is 1.12 bits per heavy atom. The molecule has 0 aliphatic carbocycles. The number of thioether (sulfide) groups is 1. The number of carbonyl (C=O) groups excluding carboxylic acids is 1. The van der Waals surface area contributed by atoms with Crippen LogP contribution in [-0.2, 0) is 10.5 Å². The lowest BCUT2D eigenvalue weighted by Crippen LogP contribution is -2.37. The molecule has 0 saturated carbocycles. The zero-order valence-electron chi connectivity index (χ0n) is 14.5. The first-order valence-corrected chi connectivity index (χ1v) is 9.31. The van der Waals surface area contributed by atoms with Gasteiger partial charge >= 0.3 is 0 Å². The minimum Gasteiger partial charge on any atom is -0.491 e. The van der Waals surface area contributed by atoms with Gasteiger partial charge in [0.05, 0.1) is 11.8 Å². The second kappa shape index (κ2) is 9.38. The van der Waals surface area contributed by atoms with Gasteiger partial charge in [-0.2, -0.15) is 0 Å². The van der Waals surface area contributed by atoms with E-state index in [1.54, 1.807) is 11.8 Å². The molecule has 24 heavy (non-hydrogen) atoms. The van der Waals surface area contributed by atoms with E-state index in [9.17, 15) is 4.79 Å². The normalized spacial score (nSPS) is 11.8. The summed E-state index contributed by atoms with van der Waals surface area (Å²) in [6, 6.07) is 16.3. The van der Waals surface area contributed by atoms with Gasteiger partial charge in [-0.15, -0.1) is 11.8 Å². The molecule has 3 nitrogen and oxygen atoms in total. The average Bonchev–Trinajstić information content (AvgIpc) is 2.56. The highest BCUT2D eigenvalue weighted by Gasteiger charge is 2.09. The van der Waals surface area contributed by atoms with E-state index in [2.05, 4.69) is 36.5 Å². The molecule has 0 saturated heterocycles. The van der Waals surface area contributed by atoms with E-state index in [-0.39, 0.29) is 11.9 Å². The number of hydrogen-bond donors (Lipinski definition) is 1. The first-order chi connectivity index (χ1) is 11.5. The van der Waals surface area contributed by atoms with Gasteiger partial charge in [0.1, 0.15) is 12.4 Å². The Morgan fingerprint density at radius 2 is 1.83 bits per heavy atom. The summed E-state index contributed by atoms with van der Waals surface area (Å²) in [5.41, 5.74) is 3.60. The number of carbonyl (C=O) groups is 1. The van der Waals surface area contributed by atoms with Gasteiger partial charge in [-0.05, 0) is 38.0 Å². The molecular formula is C20H25NO2S. The third-order valence-electron chi connectivity index (χ3n) is 3.61. The molecule has 2 rings (SSSR count). The smallest absolute Gasteiger partial charge is 0.230 e. The van der Waals surface area contributed by atoms with E-state index in [4.69, 9.17) is 4.74 Å². The van der Waals surface area contributed by atoms with Crippen LogP contribution in [-0.4, -0.2) is 24.3 Å². The van der Waals surface area contributed by atoms with E-state index in [1.165, 1.54) is 11.1 Å². The van der Waals surface area contributed by atoms with Crippen molar-refractivity contribution in [3.05, 3.63) is 65.2 Å². The first kappa shape index (κ1) is 18.4. The zero-order chi connectivity index (χ0) is 17.4. The molecule has 0 radical (unpaired) electrons. The summed E-state index contributed by atoms with van der Waals surface area (Å²) in [5, 5.41) is 2.98. The van der Waals surface area contributed by atoms with Crippen LogP contribution in [0.25, 0.3) is 0 Å². The number of nitrogens with one attached hydrogen (secondary N) is 1. The van der Waals surface area contributed by atoms with Gasteiger partial charge in [0.15, 0.2) is 0 Å². The molecule has 0 bridgehead atoms. The Morgan fingerprint density at radius 3 is 2.54 bits per heavy atom. The molecule has 0 aliphatic rings. The van der Waals surface area contributed by atoms with E-state index in [1.807, 2.05) is 38.1 Å². The van der Waals surface area contributed by atoms with Crippen LogP contribution in [0.3, 0.4) is 0 Å². The van der Waals surface area contributed by atoms with Crippen LogP contribution in [0.5, 0.6) is 5.75 Å². The fourth-order valence-corrected chi connectivity index (χ4v) is 3.04. The summed E-state index contributed by atoms with van der Waals surface area (Å²) < 4.78 is 5.76. The molecule has 2 aromatic rings. The molecule has 1 atom stereocenters. The number of para-hydroxylation sites is 1. The Bertz CT molecular complexity index is 655. The number of amides is 1. The van der Waals surface area contributed by atoms with Crippen molar-refractivity contribution in [2.75, 3.05) is 12.4 Å². The molecular weight excluding hydrogens is 318 g/mol. The standard InChI is InChI=1S/C20H25NO2S/c1-15-8-10-18(11-9-15)13-24-14-20(22)21-17(3)12-23-19-7-5-4-6-16(19)2/h4-11,17H,12-14H2,1-3H3,(H,21,22). The Balaban J connectivity index is 1.66. The topological polar surface area (TPSA) is 38.3 Å². The largest absolute Gasteiger partial charge is 0.491 e. The second-order valence-electron chi connectivity index (χ2n) is 6.02. The maximum atomic E-state index is 12.0. The summed E-state index contributed by atoms with van der Waals surface area (Å²) in [5.74, 6) is 2.23. The highest BCUT2D eigenvalue weighted by Crippen LogP contribution is 2.16. The molecule has 0 spiro atoms. The van der Waals surface area contributed by atoms with E-state index >= 15 is 0 Å². The maximum absolute atomic E-state index is 12.0. The molecule has 1 N–H and O–H groups in total. The SMILES string of the molecule is Cc1ccc(CSCC(=O)NC(C)COc2ccccc2C)cc1. The van der Waals surface area contributed by atoms with Crippen molar-refractivity contribution in [3.8, 4) is 5.75 Å². The van der Waals surface area contributed by atoms with E-state index in [0.717, 1.165) is 17.1 Å². The second-order valence-corrected chi connectivity index (χ2v) is 7.01.